The van der Waals surface area contributed by atoms with Crippen LogP contribution in [0.4, 0.5) is 11.5 Å². The summed E-state index contributed by atoms with van der Waals surface area (Å²) in [6.07, 6.45) is 4.75. The number of ether oxygens (including phenoxy) is 2. The minimum Gasteiger partial charge on any atom is -0.495 e. The summed E-state index contributed by atoms with van der Waals surface area (Å²) in [6.45, 7) is 3.75. The molecule has 0 bridgehead atoms. The molecule has 1 aromatic heterocycles. The van der Waals surface area contributed by atoms with E-state index in [0.717, 1.165) is 62.3 Å². The number of nitrogens with one attached hydrogen (secondary N) is 1. The summed E-state index contributed by atoms with van der Waals surface area (Å²) in [6, 6.07) is 9.52. The number of amides is 1. The highest BCUT2D eigenvalue weighted by Crippen LogP contribution is 2.59. The number of nitrogens with zero attached hydrogens (tertiary/aromatic N) is 4. The van der Waals surface area contributed by atoms with E-state index in [0.29, 0.717) is 12.2 Å². The standard InChI is InChI=1S/C31H37N5O6S/c1-34-13-8-21(18-34)35(2)30(37)19-14-25(40-3)28(26(15-19)41-4)43(38,39)33-29-23-17-31(9-10-31)24-7-6-20(36-11-5-12-36)16-22(24)27(23)42-32-29/h6-7,14-16,21H,5,8-13,17-18H2,1-4H3,(H,32,33)/t21-/m0/s1. The fourth-order valence-electron chi connectivity index (χ4n) is 6.79. The van der Waals surface area contributed by atoms with E-state index in [1.807, 2.05) is 7.05 Å². The van der Waals surface area contributed by atoms with Gasteiger partial charge in [-0.2, -0.15) is 0 Å². The van der Waals surface area contributed by atoms with Gasteiger partial charge in [-0.05, 0) is 75.5 Å². The number of likely N-dealkylation sites (N-methyl/N-ethyl adjacent to an activating group) is 2. The first-order chi connectivity index (χ1) is 20.6. The molecular weight excluding hydrogens is 570 g/mol. The fourth-order valence-corrected chi connectivity index (χ4v) is 8.12. The third-order valence-electron chi connectivity index (χ3n) is 9.64. The lowest BCUT2D eigenvalue weighted by atomic mass is 9.79. The average Bonchev–Trinajstić information content (AvgIpc) is 3.42. The van der Waals surface area contributed by atoms with Crippen molar-refractivity contribution in [1.29, 1.82) is 0 Å². The molecule has 43 heavy (non-hydrogen) atoms. The summed E-state index contributed by atoms with van der Waals surface area (Å²) in [7, 11) is 2.28. The molecule has 1 atom stereocenters. The van der Waals surface area contributed by atoms with Gasteiger partial charge in [-0.25, -0.2) is 8.42 Å². The van der Waals surface area contributed by atoms with Crippen LogP contribution in [0, 0.1) is 0 Å². The van der Waals surface area contributed by atoms with Crippen molar-refractivity contribution in [1.82, 2.24) is 15.0 Å². The zero-order chi connectivity index (χ0) is 30.1. The lowest BCUT2D eigenvalue weighted by Gasteiger charge is -2.34. The molecule has 1 saturated carbocycles. The predicted molar refractivity (Wildman–Crippen MR) is 162 cm³/mol. The van der Waals surface area contributed by atoms with Crippen molar-refractivity contribution in [3.8, 4) is 22.8 Å². The molecule has 228 valence electrons. The van der Waals surface area contributed by atoms with Gasteiger partial charge in [0.1, 0.15) is 11.5 Å². The Morgan fingerprint density at radius 3 is 2.42 bits per heavy atom. The van der Waals surface area contributed by atoms with E-state index in [-0.39, 0.29) is 45.1 Å². The van der Waals surface area contributed by atoms with Gasteiger partial charge in [0, 0.05) is 60.5 Å². The first kappa shape index (κ1) is 28.0. The maximum absolute atomic E-state index is 14.0. The maximum atomic E-state index is 14.0. The number of carbonyl (C=O) groups excluding carboxylic acids is 1. The van der Waals surface area contributed by atoms with Crippen LogP contribution in [-0.2, 0) is 21.9 Å². The van der Waals surface area contributed by atoms with E-state index >= 15 is 0 Å². The van der Waals surface area contributed by atoms with Crippen LogP contribution < -0.4 is 19.1 Å². The van der Waals surface area contributed by atoms with Crippen molar-refractivity contribution in [2.24, 2.45) is 0 Å². The number of hydrogen-bond acceptors (Lipinski definition) is 9. The maximum Gasteiger partial charge on any atom is 0.270 e. The second-order valence-corrected chi connectivity index (χ2v) is 13.9. The monoisotopic (exact) mass is 607 g/mol. The summed E-state index contributed by atoms with van der Waals surface area (Å²) in [5.74, 6) is 0.550. The van der Waals surface area contributed by atoms with Crippen LogP contribution >= 0.6 is 0 Å². The van der Waals surface area contributed by atoms with Crippen molar-refractivity contribution in [2.75, 3.05) is 64.1 Å². The minimum absolute atomic E-state index is 0.00713. The van der Waals surface area contributed by atoms with Crippen LogP contribution in [-0.4, -0.2) is 89.8 Å². The Morgan fingerprint density at radius 2 is 1.84 bits per heavy atom. The summed E-state index contributed by atoms with van der Waals surface area (Å²) >= 11 is 0. The molecule has 12 heteroatoms. The predicted octanol–water partition coefficient (Wildman–Crippen LogP) is 3.73. The van der Waals surface area contributed by atoms with Crippen molar-refractivity contribution >= 4 is 27.4 Å². The molecular formula is C31H37N5O6S. The van der Waals surface area contributed by atoms with Gasteiger partial charge in [0.25, 0.3) is 15.9 Å². The Labute approximate surface area is 251 Å². The number of rotatable bonds is 8. The van der Waals surface area contributed by atoms with Gasteiger partial charge in [-0.15, -0.1) is 0 Å². The third kappa shape index (κ3) is 4.62. The van der Waals surface area contributed by atoms with Gasteiger partial charge in [0.15, 0.2) is 16.5 Å². The number of anilines is 2. The lowest BCUT2D eigenvalue weighted by molar-refractivity contribution is 0.0736. The van der Waals surface area contributed by atoms with Gasteiger partial charge >= 0.3 is 0 Å². The van der Waals surface area contributed by atoms with Crippen LogP contribution in [0.2, 0.25) is 0 Å². The van der Waals surface area contributed by atoms with Crippen molar-refractivity contribution in [3.63, 3.8) is 0 Å². The minimum atomic E-state index is -4.26. The molecule has 0 unspecified atom stereocenters. The molecule has 0 radical (unpaired) electrons. The highest BCUT2D eigenvalue weighted by atomic mass is 32.2. The molecule has 11 nitrogen and oxygen atoms in total. The van der Waals surface area contributed by atoms with Gasteiger partial charge in [-0.3, -0.25) is 9.52 Å². The molecule has 3 heterocycles. The highest BCUT2D eigenvalue weighted by Gasteiger charge is 2.51. The Balaban J connectivity index is 1.22. The molecule has 2 aliphatic heterocycles. The van der Waals surface area contributed by atoms with Gasteiger partial charge in [-0.1, -0.05) is 11.2 Å². The normalized spacial score (nSPS) is 20.3. The van der Waals surface area contributed by atoms with Crippen LogP contribution in [0.25, 0.3) is 11.3 Å². The molecule has 1 spiro atoms. The molecule has 2 aliphatic carbocycles. The van der Waals surface area contributed by atoms with Crippen molar-refractivity contribution < 1.29 is 27.2 Å². The zero-order valence-electron chi connectivity index (χ0n) is 25.0. The summed E-state index contributed by atoms with van der Waals surface area (Å²) < 4.78 is 47.5. The first-order valence-electron chi connectivity index (χ1n) is 14.8. The summed E-state index contributed by atoms with van der Waals surface area (Å²) in [4.78, 5) is 19.4. The zero-order valence-corrected chi connectivity index (χ0v) is 25.8. The quantitative estimate of drug-likeness (QED) is 0.409. The Bertz CT molecular complexity index is 1690. The topological polar surface area (TPSA) is 117 Å². The first-order valence-corrected chi connectivity index (χ1v) is 16.3. The number of aromatic nitrogens is 1. The van der Waals surface area contributed by atoms with Crippen LogP contribution in [0.1, 0.15) is 47.2 Å². The molecule has 7 rings (SSSR count). The van der Waals surface area contributed by atoms with Gasteiger partial charge in [0.05, 0.1) is 14.2 Å². The average molecular weight is 608 g/mol. The Morgan fingerprint density at radius 1 is 1.12 bits per heavy atom. The van der Waals surface area contributed by atoms with Crippen molar-refractivity contribution in [3.05, 3.63) is 47.0 Å². The highest BCUT2D eigenvalue weighted by molar-refractivity contribution is 7.93. The molecule has 1 amide bonds. The molecule has 3 aromatic rings. The lowest BCUT2D eigenvalue weighted by Crippen LogP contribution is -2.38. The number of methoxy groups -OCH3 is 2. The number of carbonyl (C=O) groups is 1. The smallest absolute Gasteiger partial charge is 0.270 e. The fraction of sp³-hybridized carbons (Fsp3) is 0.484. The largest absolute Gasteiger partial charge is 0.495 e. The van der Waals surface area contributed by atoms with Crippen molar-refractivity contribution in [2.45, 2.75) is 48.5 Å². The Kier molecular flexibility index (Phi) is 6.62. The second-order valence-electron chi connectivity index (χ2n) is 12.3. The second kappa shape index (κ2) is 10.2. The third-order valence-corrected chi connectivity index (χ3v) is 11.0. The van der Waals surface area contributed by atoms with Crippen LogP contribution in [0.15, 0.2) is 39.8 Å². The van der Waals surface area contributed by atoms with E-state index in [1.54, 1.807) is 11.9 Å². The number of fused-ring (bicyclic) bond motifs is 4. The van der Waals surface area contributed by atoms with E-state index in [1.165, 1.54) is 38.3 Å². The van der Waals surface area contributed by atoms with Crippen LogP contribution in [0.5, 0.6) is 11.5 Å². The molecule has 2 saturated heterocycles. The number of benzene rings is 2. The number of likely N-dealkylation sites (tertiary alicyclic amines) is 1. The number of sulfonamides is 1. The summed E-state index contributed by atoms with van der Waals surface area (Å²) in [5.41, 5.74) is 4.38. The SMILES string of the molecule is COc1cc(C(=O)N(C)[C@H]2CCN(C)C2)cc(OC)c1S(=O)(=O)Nc1noc2c1CC1(CC1)c1ccc(N3CCC3)cc1-2. The van der Waals surface area contributed by atoms with E-state index in [9.17, 15) is 13.2 Å². The number of hydrogen-bond donors (Lipinski definition) is 1. The molecule has 1 N–H and O–H groups in total. The Hall–Kier alpha value is -3.77. The molecule has 3 fully saturated rings. The van der Waals surface area contributed by atoms with Gasteiger partial charge < -0.3 is 28.7 Å². The van der Waals surface area contributed by atoms with Gasteiger partial charge in [0.2, 0.25) is 0 Å². The van der Waals surface area contributed by atoms with E-state index in [4.69, 9.17) is 14.0 Å². The molecule has 2 aromatic carbocycles. The van der Waals surface area contributed by atoms with E-state index in [2.05, 4.69) is 37.9 Å². The molecule has 4 aliphatic rings. The van der Waals surface area contributed by atoms with E-state index < -0.39 is 10.0 Å². The summed E-state index contributed by atoms with van der Waals surface area (Å²) in [5, 5.41) is 4.21. The van der Waals surface area contributed by atoms with Crippen LogP contribution in [0.3, 0.4) is 0 Å².